The Morgan fingerprint density at radius 1 is 1.08 bits per heavy atom. The number of benzene rings is 2. The van der Waals surface area contributed by atoms with Crippen LogP contribution in [0.15, 0.2) is 69.4 Å². The summed E-state index contributed by atoms with van der Waals surface area (Å²) in [5.74, 6) is 0. The van der Waals surface area contributed by atoms with E-state index in [9.17, 15) is 13.7 Å². The molecule has 0 atom stereocenters. The summed E-state index contributed by atoms with van der Waals surface area (Å²) < 4.78 is 25.4. The molecule has 0 aliphatic rings. The summed E-state index contributed by atoms with van der Waals surface area (Å²) in [6.07, 6.45) is 1.67. The van der Waals surface area contributed by atoms with Gasteiger partial charge in [-0.2, -0.15) is 10.5 Å². The van der Waals surface area contributed by atoms with Crippen LogP contribution in [0.4, 0.5) is 5.69 Å². The minimum Gasteiger partial charge on any atom is -0.349 e. The molecule has 2 rings (SSSR count). The van der Waals surface area contributed by atoms with Crippen LogP contribution in [0.2, 0.25) is 0 Å². The van der Waals surface area contributed by atoms with E-state index in [0.717, 1.165) is 11.8 Å². The Bertz CT molecular complexity index is 953. The lowest BCUT2D eigenvalue weighted by atomic mass is 10.2. The molecule has 0 aliphatic carbocycles. The van der Waals surface area contributed by atoms with E-state index in [1.54, 1.807) is 54.8 Å². The summed E-state index contributed by atoms with van der Waals surface area (Å²) in [6, 6.07) is 18.2. The van der Waals surface area contributed by atoms with E-state index in [-0.39, 0.29) is 14.8 Å². The summed E-state index contributed by atoms with van der Waals surface area (Å²) in [5, 5.41) is 21.5. The predicted molar refractivity (Wildman–Crippen MR) is 94.6 cm³/mol. The Balaban J connectivity index is 2.51. The maximum atomic E-state index is 12.7. The SMILES string of the molecule is CS/C(Nc1cccc(C#N)c1)=C(/C#N)S(=O)(=O)c1ccccc1. The summed E-state index contributed by atoms with van der Waals surface area (Å²) >= 11 is 1.12. The summed E-state index contributed by atoms with van der Waals surface area (Å²) in [7, 11) is -3.93. The third kappa shape index (κ3) is 3.77. The van der Waals surface area contributed by atoms with E-state index in [1.165, 1.54) is 12.1 Å². The van der Waals surface area contributed by atoms with Gasteiger partial charge in [0, 0.05) is 5.69 Å². The second-order valence-electron chi connectivity index (χ2n) is 4.61. The van der Waals surface area contributed by atoms with Gasteiger partial charge in [-0.25, -0.2) is 8.42 Å². The van der Waals surface area contributed by atoms with E-state index >= 15 is 0 Å². The molecule has 0 aromatic heterocycles. The lowest BCUT2D eigenvalue weighted by molar-refractivity contribution is 0.603. The molecule has 2 aromatic carbocycles. The number of rotatable bonds is 5. The molecule has 0 fully saturated rings. The van der Waals surface area contributed by atoms with Crippen molar-refractivity contribution in [1.29, 1.82) is 10.5 Å². The summed E-state index contributed by atoms with van der Waals surface area (Å²) in [6.45, 7) is 0. The molecule has 0 unspecified atom stereocenters. The van der Waals surface area contributed by atoms with E-state index in [2.05, 4.69) is 5.32 Å². The Morgan fingerprint density at radius 2 is 1.79 bits per heavy atom. The van der Waals surface area contributed by atoms with Gasteiger partial charge in [0.2, 0.25) is 9.84 Å². The Labute approximate surface area is 145 Å². The van der Waals surface area contributed by atoms with Crippen LogP contribution in [-0.4, -0.2) is 14.7 Å². The summed E-state index contributed by atoms with van der Waals surface area (Å²) in [5.41, 5.74) is 0.972. The van der Waals surface area contributed by atoms with Crippen LogP contribution in [-0.2, 0) is 9.84 Å². The van der Waals surface area contributed by atoms with Gasteiger partial charge in [0.25, 0.3) is 0 Å². The molecular formula is C17H13N3O2S2. The first-order chi connectivity index (χ1) is 11.5. The zero-order valence-electron chi connectivity index (χ0n) is 12.7. The fourth-order valence-corrected chi connectivity index (χ4v) is 4.14. The van der Waals surface area contributed by atoms with Gasteiger partial charge >= 0.3 is 0 Å². The van der Waals surface area contributed by atoms with Crippen molar-refractivity contribution in [3.8, 4) is 12.1 Å². The molecule has 2 aromatic rings. The van der Waals surface area contributed by atoms with Gasteiger partial charge in [-0.15, -0.1) is 11.8 Å². The molecule has 0 saturated carbocycles. The molecule has 24 heavy (non-hydrogen) atoms. The first-order valence-corrected chi connectivity index (χ1v) is 9.49. The molecule has 0 heterocycles. The molecule has 0 spiro atoms. The number of nitriles is 2. The van der Waals surface area contributed by atoms with Gasteiger partial charge in [-0.05, 0) is 36.6 Å². The molecule has 0 saturated heterocycles. The van der Waals surface area contributed by atoms with Crippen molar-refractivity contribution in [2.24, 2.45) is 0 Å². The van der Waals surface area contributed by atoms with E-state index in [1.807, 2.05) is 6.07 Å². The third-order valence-electron chi connectivity index (χ3n) is 3.08. The van der Waals surface area contributed by atoms with Crippen LogP contribution in [0.5, 0.6) is 0 Å². The number of allylic oxidation sites excluding steroid dienone is 1. The molecular weight excluding hydrogens is 342 g/mol. The van der Waals surface area contributed by atoms with Gasteiger partial charge < -0.3 is 5.32 Å². The standard InChI is InChI=1S/C17H13N3O2S2/c1-23-17(20-14-7-5-6-13(10-14)11-18)16(12-19)24(21,22)15-8-3-2-4-9-15/h2-10,20H,1H3/b17-16-. The lowest BCUT2D eigenvalue weighted by Crippen LogP contribution is -2.09. The smallest absolute Gasteiger partial charge is 0.219 e. The number of thioether (sulfide) groups is 1. The number of sulfone groups is 1. The molecule has 1 N–H and O–H groups in total. The maximum Gasteiger partial charge on any atom is 0.219 e. The fraction of sp³-hybridized carbons (Fsp3) is 0.0588. The highest BCUT2D eigenvalue weighted by Gasteiger charge is 2.24. The molecule has 0 amide bonds. The van der Waals surface area contributed by atoms with Crippen LogP contribution in [0.3, 0.4) is 0 Å². The van der Waals surface area contributed by atoms with Crippen LogP contribution in [0.1, 0.15) is 5.56 Å². The van der Waals surface area contributed by atoms with Crippen molar-refractivity contribution >= 4 is 27.3 Å². The van der Waals surface area contributed by atoms with E-state index < -0.39 is 9.84 Å². The molecule has 0 radical (unpaired) electrons. The first-order valence-electron chi connectivity index (χ1n) is 6.78. The van der Waals surface area contributed by atoms with Crippen molar-refractivity contribution in [3.63, 3.8) is 0 Å². The lowest BCUT2D eigenvalue weighted by Gasteiger charge is -2.12. The quantitative estimate of drug-likeness (QED) is 0.825. The molecule has 0 aliphatic heterocycles. The second kappa shape index (κ2) is 7.69. The average Bonchev–Trinajstić information content (AvgIpc) is 2.62. The van der Waals surface area contributed by atoms with Crippen LogP contribution < -0.4 is 5.32 Å². The minimum absolute atomic E-state index is 0.0562. The number of hydrogen-bond donors (Lipinski definition) is 1. The monoisotopic (exact) mass is 355 g/mol. The van der Waals surface area contributed by atoms with Crippen LogP contribution in [0, 0.1) is 22.7 Å². The molecule has 120 valence electrons. The Morgan fingerprint density at radius 3 is 2.38 bits per heavy atom. The highest BCUT2D eigenvalue weighted by Crippen LogP contribution is 2.28. The number of nitrogens with zero attached hydrogens (tertiary/aromatic N) is 2. The topological polar surface area (TPSA) is 93.8 Å². The number of anilines is 1. The normalized spacial score (nSPS) is 11.8. The van der Waals surface area contributed by atoms with Gasteiger partial charge in [-0.1, -0.05) is 24.3 Å². The Hall–Kier alpha value is -2.74. The van der Waals surface area contributed by atoms with Crippen LogP contribution in [0.25, 0.3) is 0 Å². The minimum atomic E-state index is -3.93. The zero-order valence-corrected chi connectivity index (χ0v) is 14.4. The van der Waals surface area contributed by atoms with Crippen molar-refractivity contribution in [1.82, 2.24) is 0 Å². The predicted octanol–water partition coefficient (Wildman–Crippen LogP) is 3.50. The molecule has 5 nitrogen and oxygen atoms in total. The van der Waals surface area contributed by atoms with Crippen molar-refractivity contribution in [3.05, 3.63) is 70.1 Å². The largest absolute Gasteiger partial charge is 0.349 e. The average molecular weight is 355 g/mol. The van der Waals surface area contributed by atoms with E-state index in [0.29, 0.717) is 11.3 Å². The van der Waals surface area contributed by atoms with Crippen LogP contribution >= 0.6 is 11.8 Å². The molecule has 0 bridgehead atoms. The first kappa shape index (κ1) is 17.6. The van der Waals surface area contributed by atoms with Crippen molar-refractivity contribution in [2.45, 2.75) is 4.90 Å². The number of nitrogens with one attached hydrogen (secondary N) is 1. The highest BCUT2D eigenvalue weighted by molar-refractivity contribution is 8.04. The zero-order chi connectivity index (χ0) is 17.6. The van der Waals surface area contributed by atoms with Gasteiger partial charge in [0.15, 0.2) is 4.91 Å². The van der Waals surface area contributed by atoms with Gasteiger partial charge in [0.05, 0.1) is 16.5 Å². The third-order valence-corrected chi connectivity index (χ3v) is 5.65. The maximum absolute atomic E-state index is 12.7. The fourth-order valence-electron chi connectivity index (χ4n) is 1.95. The number of hydrogen-bond acceptors (Lipinski definition) is 6. The molecule has 7 heteroatoms. The van der Waals surface area contributed by atoms with Crippen molar-refractivity contribution < 1.29 is 8.42 Å². The summed E-state index contributed by atoms with van der Waals surface area (Å²) in [4.78, 5) is -0.302. The Kier molecular flexibility index (Phi) is 5.64. The van der Waals surface area contributed by atoms with Gasteiger partial charge in [-0.3, -0.25) is 0 Å². The van der Waals surface area contributed by atoms with E-state index in [4.69, 9.17) is 5.26 Å². The van der Waals surface area contributed by atoms with Crippen molar-refractivity contribution in [2.75, 3.05) is 11.6 Å². The highest BCUT2D eigenvalue weighted by atomic mass is 32.2. The second-order valence-corrected chi connectivity index (χ2v) is 7.31. The van der Waals surface area contributed by atoms with Gasteiger partial charge in [0.1, 0.15) is 11.1 Å².